The molecule has 1 aliphatic carbocycles. The van der Waals surface area contributed by atoms with Gasteiger partial charge in [-0.3, -0.25) is 0 Å². The number of rotatable bonds is 3. The summed E-state index contributed by atoms with van der Waals surface area (Å²) in [6.45, 7) is 2.14. The summed E-state index contributed by atoms with van der Waals surface area (Å²) in [7, 11) is 0. The van der Waals surface area contributed by atoms with Crippen LogP contribution >= 0.6 is 15.9 Å². The Morgan fingerprint density at radius 2 is 1.81 bits per heavy atom. The maximum Gasteiger partial charge on any atom is 0.139 e. The molecule has 2 aromatic rings. The van der Waals surface area contributed by atoms with Crippen molar-refractivity contribution in [3.8, 4) is 0 Å². The van der Waals surface area contributed by atoms with Crippen molar-refractivity contribution >= 4 is 32.7 Å². The van der Waals surface area contributed by atoms with E-state index in [9.17, 15) is 0 Å². The fraction of sp³-hybridized carbons (Fsp3) is 0.500. The van der Waals surface area contributed by atoms with Crippen molar-refractivity contribution in [1.29, 1.82) is 0 Å². The Balaban J connectivity index is 1.55. The number of aromatic nitrogens is 2. The smallest absolute Gasteiger partial charge is 0.139 e. The van der Waals surface area contributed by atoms with E-state index < -0.39 is 0 Å². The molecular weight excluding hydrogens is 328 g/mol. The van der Waals surface area contributed by atoms with Crippen LogP contribution in [0.4, 0.5) is 5.82 Å². The van der Waals surface area contributed by atoms with Crippen LogP contribution in [0.3, 0.4) is 0 Å². The molecule has 1 saturated carbocycles. The van der Waals surface area contributed by atoms with E-state index in [1.165, 1.54) is 25.7 Å². The van der Waals surface area contributed by atoms with Crippen molar-refractivity contribution in [3.05, 3.63) is 29.0 Å². The number of piperidine rings is 1. The summed E-state index contributed by atoms with van der Waals surface area (Å²) >= 11 is 3.55. The van der Waals surface area contributed by atoms with Crippen molar-refractivity contribution < 1.29 is 0 Å². The third kappa shape index (κ3) is 2.90. The highest BCUT2D eigenvalue weighted by atomic mass is 79.9. The van der Waals surface area contributed by atoms with Gasteiger partial charge in [0.1, 0.15) is 12.1 Å². The van der Waals surface area contributed by atoms with E-state index in [2.05, 4.69) is 42.2 Å². The minimum Gasteiger partial charge on any atom is -0.356 e. The Bertz CT molecular complexity index is 648. The molecule has 0 spiro atoms. The standard InChI is InChI=1S/C16H19BrN4/c17-11-1-4-15-14(9-11)16(19-10-18-15)21-7-5-13(6-8-21)20-12-2-3-12/h1,4,9-10,12-13,20H,2-3,5-8H2. The van der Waals surface area contributed by atoms with Gasteiger partial charge in [0.2, 0.25) is 0 Å². The molecule has 1 saturated heterocycles. The Morgan fingerprint density at radius 1 is 1.05 bits per heavy atom. The number of hydrogen-bond acceptors (Lipinski definition) is 4. The van der Waals surface area contributed by atoms with Gasteiger partial charge in [-0.05, 0) is 43.9 Å². The molecule has 2 heterocycles. The average Bonchev–Trinajstić information content (AvgIpc) is 3.31. The number of halogens is 1. The molecule has 4 nitrogen and oxygen atoms in total. The average molecular weight is 347 g/mol. The summed E-state index contributed by atoms with van der Waals surface area (Å²) in [6.07, 6.45) is 6.82. The van der Waals surface area contributed by atoms with Crippen LogP contribution in [-0.2, 0) is 0 Å². The van der Waals surface area contributed by atoms with Crippen LogP contribution in [0.5, 0.6) is 0 Å². The van der Waals surface area contributed by atoms with E-state index in [4.69, 9.17) is 0 Å². The van der Waals surface area contributed by atoms with Crippen molar-refractivity contribution in [3.63, 3.8) is 0 Å². The quantitative estimate of drug-likeness (QED) is 0.926. The monoisotopic (exact) mass is 346 g/mol. The number of benzene rings is 1. The topological polar surface area (TPSA) is 41.1 Å². The number of hydrogen-bond donors (Lipinski definition) is 1. The predicted octanol–water partition coefficient (Wildman–Crippen LogP) is 3.11. The SMILES string of the molecule is Brc1ccc2ncnc(N3CCC(NC4CC4)CC3)c2c1. The number of anilines is 1. The maximum absolute atomic E-state index is 4.54. The molecule has 0 unspecified atom stereocenters. The highest BCUT2D eigenvalue weighted by molar-refractivity contribution is 9.10. The molecule has 110 valence electrons. The van der Waals surface area contributed by atoms with Crippen LogP contribution in [0.15, 0.2) is 29.0 Å². The highest BCUT2D eigenvalue weighted by Crippen LogP contribution is 2.29. The lowest BCUT2D eigenvalue weighted by molar-refractivity contribution is 0.412. The van der Waals surface area contributed by atoms with Crippen molar-refractivity contribution in [1.82, 2.24) is 15.3 Å². The predicted molar refractivity (Wildman–Crippen MR) is 88.6 cm³/mol. The first-order valence-corrected chi connectivity index (χ1v) is 8.50. The lowest BCUT2D eigenvalue weighted by Gasteiger charge is -2.33. The molecule has 4 rings (SSSR count). The van der Waals surface area contributed by atoms with E-state index in [1.54, 1.807) is 6.33 Å². The largest absolute Gasteiger partial charge is 0.356 e. The third-order valence-corrected chi connectivity index (χ3v) is 4.91. The molecule has 0 amide bonds. The molecular formula is C16H19BrN4. The molecule has 2 fully saturated rings. The van der Waals surface area contributed by atoms with Crippen molar-refractivity contribution in [2.45, 2.75) is 37.8 Å². The summed E-state index contributed by atoms with van der Waals surface area (Å²) in [4.78, 5) is 11.3. The minimum atomic E-state index is 0.689. The minimum absolute atomic E-state index is 0.689. The van der Waals surface area contributed by atoms with Gasteiger partial charge in [0.15, 0.2) is 0 Å². The van der Waals surface area contributed by atoms with Gasteiger partial charge in [0.05, 0.1) is 5.52 Å². The van der Waals surface area contributed by atoms with Crippen LogP contribution in [0.1, 0.15) is 25.7 Å². The second-order valence-corrected chi connectivity index (χ2v) is 6.98. The maximum atomic E-state index is 4.54. The summed E-state index contributed by atoms with van der Waals surface area (Å²) < 4.78 is 1.08. The molecule has 1 aromatic carbocycles. The van der Waals surface area contributed by atoms with Gasteiger partial charge in [-0.15, -0.1) is 0 Å². The second-order valence-electron chi connectivity index (χ2n) is 6.06. The summed E-state index contributed by atoms with van der Waals surface area (Å²) in [5, 5.41) is 4.88. The normalized spacial score (nSPS) is 20.1. The fourth-order valence-corrected chi connectivity index (χ4v) is 3.47. The zero-order chi connectivity index (χ0) is 14.2. The zero-order valence-corrected chi connectivity index (χ0v) is 13.5. The Labute approximate surface area is 133 Å². The fourth-order valence-electron chi connectivity index (χ4n) is 3.11. The lowest BCUT2D eigenvalue weighted by Crippen LogP contribution is -2.43. The third-order valence-electron chi connectivity index (χ3n) is 4.42. The van der Waals surface area contributed by atoms with E-state index in [0.717, 1.165) is 40.3 Å². The van der Waals surface area contributed by atoms with E-state index >= 15 is 0 Å². The van der Waals surface area contributed by atoms with Gasteiger partial charge in [-0.2, -0.15) is 0 Å². The summed E-state index contributed by atoms with van der Waals surface area (Å²) in [5.74, 6) is 1.08. The molecule has 1 N–H and O–H groups in total. The van der Waals surface area contributed by atoms with Gasteiger partial charge in [-0.25, -0.2) is 9.97 Å². The van der Waals surface area contributed by atoms with Crippen LogP contribution in [0.25, 0.3) is 10.9 Å². The number of nitrogens with one attached hydrogen (secondary N) is 1. The molecule has 21 heavy (non-hydrogen) atoms. The lowest BCUT2D eigenvalue weighted by atomic mass is 10.0. The van der Waals surface area contributed by atoms with E-state index in [0.29, 0.717) is 6.04 Å². The number of nitrogens with zero attached hydrogens (tertiary/aromatic N) is 3. The Hall–Kier alpha value is -1.20. The van der Waals surface area contributed by atoms with Gasteiger partial charge in [0.25, 0.3) is 0 Å². The van der Waals surface area contributed by atoms with Crippen molar-refractivity contribution in [2.75, 3.05) is 18.0 Å². The van der Waals surface area contributed by atoms with Crippen molar-refractivity contribution in [2.24, 2.45) is 0 Å². The molecule has 0 bridgehead atoms. The van der Waals surface area contributed by atoms with Crippen LogP contribution in [0, 0.1) is 0 Å². The molecule has 0 radical (unpaired) electrons. The van der Waals surface area contributed by atoms with Crippen LogP contribution in [0.2, 0.25) is 0 Å². The number of fused-ring (bicyclic) bond motifs is 1. The van der Waals surface area contributed by atoms with Crippen LogP contribution < -0.4 is 10.2 Å². The van der Waals surface area contributed by atoms with Crippen LogP contribution in [-0.4, -0.2) is 35.1 Å². The molecule has 0 atom stereocenters. The van der Waals surface area contributed by atoms with E-state index in [1.807, 2.05) is 12.1 Å². The van der Waals surface area contributed by atoms with Gasteiger partial charge in [-0.1, -0.05) is 15.9 Å². The first-order chi connectivity index (χ1) is 10.3. The summed E-state index contributed by atoms with van der Waals surface area (Å²) in [6, 6.07) is 7.70. The zero-order valence-electron chi connectivity index (χ0n) is 11.9. The molecule has 1 aliphatic heterocycles. The highest BCUT2D eigenvalue weighted by Gasteiger charge is 2.27. The Morgan fingerprint density at radius 3 is 2.57 bits per heavy atom. The first-order valence-electron chi connectivity index (χ1n) is 7.71. The van der Waals surface area contributed by atoms with E-state index in [-0.39, 0.29) is 0 Å². The van der Waals surface area contributed by atoms with Gasteiger partial charge < -0.3 is 10.2 Å². The first kappa shape index (κ1) is 13.5. The second kappa shape index (κ2) is 5.54. The van der Waals surface area contributed by atoms with Gasteiger partial charge in [0, 0.05) is 35.0 Å². The Kier molecular flexibility index (Phi) is 3.55. The molecule has 5 heteroatoms. The summed E-state index contributed by atoms with van der Waals surface area (Å²) in [5.41, 5.74) is 1.02. The van der Waals surface area contributed by atoms with Gasteiger partial charge >= 0.3 is 0 Å². The molecule has 2 aliphatic rings. The molecule has 1 aromatic heterocycles.